The first-order chi connectivity index (χ1) is 7.70. The molecule has 0 aromatic carbocycles. The lowest BCUT2D eigenvalue weighted by Crippen LogP contribution is -2.25. The van der Waals surface area contributed by atoms with Crippen LogP contribution in [0.4, 0.5) is 0 Å². The van der Waals surface area contributed by atoms with Gasteiger partial charge in [-0.15, -0.1) is 0 Å². The summed E-state index contributed by atoms with van der Waals surface area (Å²) in [6, 6.07) is 0.601. The van der Waals surface area contributed by atoms with E-state index in [0.717, 1.165) is 31.3 Å². The van der Waals surface area contributed by atoms with E-state index >= 15 is 0 Å². The molecule has 1 aromatic rings. The molecular weight excluding hydrogens is 198 g/mol. The third-order valence-corrected chi connectivity index (χ3v) is 3.24. The normalized spacial score (nSPS) is 24.0. The van der Waals surface area contributed by atoms with E-state index in [0.29, 0.717) is 6.04 Å². The second kappa shape index (κ2) is 5.00. The fraction of sp³-hybridized carbons (Fsp3) is 0.769. The van der Waals surface area contributed by atoms with Gasteiger partial charge in [0.15, 0.2) is 0 Å². The maximum Gasteiger partial charge on any atom is 0.0524 e. The monoisotopic (exact) mass is 221 g/mol. The Labute approximate surface area is 98.2 Å². The van der Waals surface area contributed by atoms with Crippen molar-refractivity contribution in [2.45, 2.75) is 52.1 Å². The van der Waals surface area contributed by atoms with Crippen LogP contribution in [-0.2, 0) is 6.54 Å². The molecule has 2 rings (SSSR count). The van der Waals surface area contributed by atoms with Crippen molar-refractivity contribution < 1.29 is 0 Å². The van der Waals surface area contributed by atoms with Crippen LogP contribution >= 0.6 is 0 Å². The average Bonchev–Trinajstić information content (AvgIpc) is 2.88. The molecule has 0 radical (unpaired) electrons. The van der Waals surface area contributed by atoms with E-state index in [-0.39, 0.29) is 0 Å². The molecule has 1 fully saturated rings. The molecule has 1 heterocycles. The highest BCUT2D eigenvalue weighted by Gasteiger charge is 2.38. The number of hydrogen-bond donors (Lipinski definition) is 1. The van der Waals surface area contributed by atoms with Crippen LogP contribution in [0.5, 0.6) is 0 Å². The van der Waals surface area contributed by atoms with Gasteiger partial charge in [0.2, 0.25) is 0 Å². The summed E-state index contributed by atoms with van der Waals surface area (Å²) in [6.45, 7) is 8.80. The quantitative estimate of drug-likeness (QED) is 0.799. The summed E-state index contributed by atoms with van der Waals surface area (Å²) in [5.74, 6) is 1.60. The molecule has 1 aliphatic carbocycles. The Morgan fingerprint density at radius 2 is 2.38 bits per heavy atom. The van der Waals surface area contributed by atoms with Crippen LogP contribution in [0.1, 0.15) is 45.1 Å². The lowest BCUT2D eigenvalue weighted by atomic mass is 10.2. The minimum atomic E-state index is 0.601. The number of nitrogens with one attached hydrogen (secondary N) is 1. The Morgan fingerprint density at radius 3 is 3.06 bits per heavy atom. The third kappa shape index (κ3) is 2.85. The number of hydrogen-bond acceptors (Lipinski definition) is 2. The van der Waals surface area contributed by atoms with E-state index in [4.69, 9.17) is 0 Å². The first-order valence-electron chi connectivity index (χ1n) is 6.46. The van der Waals surface area contributed by atoms with Crippen molar-refractivity contribution in [1.82, 2.24) is 15.1 Å². The Morgan fingerprint density at radius 1 is 1.56 bits per heavy atom. The highest BCUT2D eigenvalue weighted by Crippen LogP contribution is 2.46. The van der Waals surface area contributed by atoms with E-state index in [2.05, 4.69) is 48.3 Å². The summed E-state index contributed by atoms with van der Waals surface area (Å²) in [7, 11) is 0. The summed E-state index contributed by atoms with van der Waals surface area (Å²) in [6.07, 6.45) is 6.76. The molecule has 0 bridgehead atoms. The van der Waals surface area contributed by atoms with Crippen molar-refractivity contribution in [3.05, 3.63) is 18.0 Å². The van der Waals surface area contributed by atoms with Crippen LogP contribution < -0.4 is 5.32 Å². The first kappa shape index (κ1) is 11.6. The van der Waals surface area contributed by atoms with Gasteiger partial charge in [-0.2, -0.15) is 5.10 Å². The van der Waals surface area contributed by atoms with Gasteiger partial charge in [0.25, 0.3) is 0 Å². The van der Waals surface area contributed by atoms with Crippen LogP contribution in [0, 0.1) is 5.92 Å². The molecule has 0 spiro atoms. The zero-order chi connectivity index (χ0) is 11.5. The summed E-state index contributed by atoms with van der Waals surface area (Å²) in [5.41, 5.74) is 1.43. The van der Waals surface area contributed by atoms with Gasteiger partial charge in [-0.05, 0) is 36.8 Å². The average molecular weight is 221 g/mol. The Kier molecular flexibility index (Phi) is 3.64. The van der Waals surface area contributed by atoms with Crippen LogP contribution in [0.15, 0.2) is 12.4 Å². The number of aromatic nitrogens is 2. The van der Waals surface area contributed by atoms with Crippen molar-refractivity contribution in [2.75, 3.05) is 6.54 Å². The third-order valence-electron chi connectivity index (χ3n) is 3.24. The van der Waals surface area contributed by atoms with Crippen molar-refractivity contribution in [3.8, 4) is 0 Å². The van der Waals surface area contributed by atoms with Crippen molar-refractivity contribution in [1.29, 1.82) is 0 Å². The SMILES string of the molecule is CCCn1cc(C2CC2CNC(C)C)cn1. The summed E-state index contributed by atoms with van der Waals surface area (Å²) in [5, 5.41) is 7.91. The number of nitrogens with zero attached hydrogens (tertiary/aromatic N) is 2. The van der Waals surface area contributed by atoms with Crippen molar-refractivity contribution in [3.63, 3.8) is 0 Å². The largest absolute Gasteiger partial charge is 0.314 e. The molecule has 0 amide bonds. The second-order valence-corrected chi connectivity index (χ2v) is 5.20. The molecule has 3 nitrogen and oxygen atoms in total. The van der Waals surface area contributed by atoms with Gasteiger partial charge in [0.05, 0.1) is 6.20 Å². The van der Waals surface area contributed by atoms with Gasteiger partial charge in [-0.1, -0.05) is 20.8 Å². The van der Waals surface area contributed by atoms with E-state index in [1.54, 1.807) is 0 Å². The summed E-state index contributed by atoms with van der Waals surface area (Å²) in [4.78, 5) is 0. The molecular formula is C13H23N3. The summed E-state index contributed by atoms with van der Waals surface area (Å²) < 4.78 is 2.07. The van der Waals surface area contributed by atoms with E-state index in [1.807, 2.05) is 0 Å². The first-order valence-corrected chi connectivity index (χ1v) is 6.46. The Balaban J connectivity index is 1.81. The highest BCUT2D eigenvalue weighted by molar-refractivity contribution is 5.20. The van der Waals surface area contributed by atoms with Crippen LogP contribution in [0.2, 0.25) is 0 Å². The maximum atomic E-state index is 4.39. The van der Waals surface area contributed by atoms with Crippen LogP contribution in [-0.4, -0.2) is 22.4 Å². The molecule has 90 valence electrons. The van der Waals surface area contributed by atoms with Crippen LogP contribution in [0.25, 0.3) is 0 Å². The molecule has 1 aromatic heterocycles. The topological polar surface area (TPSA) is 29.9 Å². The van der Waals surface area contributed by atoms with Gasteiger partial charge in [0, 0.05) is 18.8 Å². The fourth-order valence-corrected chi connectivity index (χ4v) is 2.19. The predicted octanol–water partition coefficient (Wildman–Crippen LogP) is 2.39. The smallest absolute Gasteiger partial charge is 0.0524 e. The minimum Gasteiger partial charge on any atom is -0.314 e. The molecule has 3 heteroatoms. The molecule has 0 aliphatic heterocycles. The minimum absolute atomic E-state index is 0.601. The number of aryl methyl sites for hydroxylation is 1. The lowest BCUT2D eigenvalue weighted by molar-refractivity contribution is 0.554. The molecule has 1 N–H and O–H groups in total. The van der Waals surface area contributed by atoms with Crippen molar-refractivity contribution in [2.24, 2.45) is 5.92 Å². The summed E-state index contributed by atoms with van der Waals surface area (Å²) >= 11 is 0. The zero-order valence-electron chi connectivity index (χ0n) is 10.6. The molecule has 1 aliphatic rings. The maximum absolute atomic E-state index is 4.39. The molecule has 1 saturated carbocycles. The van der Waals surface area contributed by atoms with E-state index < -0.39 is 0 Å². The molecule has 0 saturated heterocycles. The van der Waals surface area contributed by atoms with Gasteiger partial charge >= 0.3 is 0 Å². The molecule has 16 heavy (non-hydrogen) atoms. The van der Waals surface area contributed by atoms with Gasteiger partial charge in [-0.3, -0.25) is 4.68 Å². The fourth-order valence-electron chi connectivity index (χ4n) is 2.19. The van der Waals surface area contributed by atoms with Crippen LogP contribution in [0.3, 0.4) is 0 Å². The molecule has 2 atom stereocenters. The van der Waals surface area contributed by atoms with Crippen molar-refractivity contribution >= 4 is 0 Å². The molecule has 2 unspecified atom stereocenters. The Bertz CT molecular complexity index is 330. The van der Waals surface area contributed by atoms with E-state index in [9.17, 15) is 0 Å². The van der Waals surface area contributed by atoms with E-state index in [1.165, 1.54) is 12.0 Å². The van der Waals surface area contributed by atoms with Gasteiger partial charge < -0.3 is 5.32 Å². The Hall–Kier alpha value is -0.830. The lowest BCUT2D eigenvalue weighted by Gasteiger charge is -2.06. The zero-order valence-corrected chi connectivity index (χ0v) is 10.6. The highest BCUT2D eigenvalue weighted by atomic mass is 15.3. The second-order valence-electron chi connectivity index (χ2n) is 5.20. The van der Waals surface area contributed by atoms with Gasteiger partial charge in [0.1, 0.15) is 0 Å². The van der Waals surface area contributed by atoms with Gasteiger partial charge in [-0.25, -0.2) is 0 Å². The predicted molar refractivity (Wildman–Crippen MR) is 66.5 cm³/mol. The number of rotatable bonds is 6. The standard InChI is InChI=1S/C13H23N3/c1-4-5-16-9-12(8-15-16)13-6-11(13)7-14-10(2)3/h8-11,13-14H,4-7H2,1-3H3.